The minimum absolute atomic E-state index is 0.0319. The number of fused-ring (bicyclic) bond motifs is 1. The number of hydroxylamine groups is 1. The summed E-state index contributed by atoms with van der Waals surface area (Å²) in [4.78, 5) is 40.0. The average molecular weight is 397 g/mol. The molecule has 0 unspecified atom stereocenters. The number of H-pyrrole nitrogens is 1. The van der Waals surface area contributed by atoms with Crippen molar-refractivity contribution in [3.63, 3.8) is 0 Å². The summed E-state index contributed by atoms with van der Waals surface area (Å²) in [5.74, 6) is -0.807. The highest BCUT2D eigenvalue weighted by Crippen LogP contribution is 2.36. The predicted molar refractivity (Wildman–Crippen MR) is 105 cm³/mol. The molecule has 1 aliphatic rings. The fourth-order valence-corrected chi connectivity index (χ4v) is 4.04. The van der Waals surface area contributed by atoms with Gasteiger partial charge in [0.2, 0.25) is 0 Å². The first-order valence-corrected chi connectivity index (χ1v) is 9.17. The van der Waals surface area contributed by atoms with Gasteiger partial charge in [-0.1, -0.05) is 18.2 Å². The molecular formula is C19H19N5O5. The van der Waals surface area contributed by atoms with Crippen LogP contribution < -0.4 is 16.1 Å². The van der Waals surface area contributed by atoms with E-state index in [4.69, 9.17) is 5.21 Å². The van der Waals surface area contributed by atoms with Crippen LogP contribution >= 0.6 is 0 Å². The van der Waals surface area contributed by atoms with Gasteiger partial charge in [0.25, 0.3) is 11.6 Å². The van der Waals surface area contributed by atoms with Crippen LogP contribution in [0.1, 0.15) is 29.2 Å². The zero-order chi connectivity index (χ0) is 20.5. The Hall–Kier alpha value is -3.66. The Labute approximate surface area is 164 Å². The van der Waals surface area contributed by atoms with Gasteiger partial charge in [0.15, 0.2) is 0 Å². The number of imidazole rings is 1. The van der Waals surface area contributed by atoms with Gasteiger partial charge in [0.05, 0.1) is 21.5 Å². The predicted octanol–water partition coefficient (Wildman–Crippen LogP) is 2.20. The molecule has 0 spiro atoms. The highest BCUT2D eigenvalue weighted by molar-refractivity contribution is 6.01. The summed E-state index contributed by atoms with van der Waals surface area (Å²) in [7, 11) is 0. The molecule has 1 fully saturated rings. The monoisotopic (exact) mass is 397 g/mol. The molecule has 2 aromatic carbocycles. The van der Waals surface area contributed by atoms with E-state index in [0.717, 1.165) is 11.0 Å². The quantitative estimate of drug-likeness (QED) is 0.351. The molecule has 1 aromatic heterocycles. The zero-order valence-corrected chi connectivity index (χ0v) is 15.4. The molecule has 0 bridgehead atoms. The van der Waals surface area contributed by atoms with E-state index in [-0.39, 0.29) is 28.7 Å². The Bertz CT molecular complexity index is 1140. The molecule has 1 amide bonds. The van der Waals surface area contributed by atoms with Crippen LogP contribution in [0.15, 0.2) is 47.3 Å². The number of nitro groups is 1. The summed E-state index contributed by atoms with van der Waals surface area (Å²) >= 11 is 0. The Morgan fingerprint density at radius 2 is 1.90 bits per heavy atom. The van der Waals surface area contributed by atoms with Crippen LogP contribution in [-0.4, -0.2) is 38.7 Å². The third-order valence-corrected chi connectivity index (χ3v) is 5.33. The number of nitrogens with one attached hydrogen (secondary N) is 2. The fraction of sp³-hybridized carbons (Fsp3) is 0.263. The number of aromatic amines is 1. The van der Waals surface area contributed by atoms with E-state index in [1.807, 2.05) is 24.3 Å². The van der Waals surface area contributed by atoms with Crippen molar-refractivity contribution in [2.75, 3.05) is 18.0 Å². The molecule has 4 rings (SSSR count). The second-order valence-electron chi connectivity index (χ2n) is 6.91. The van der Waals surface area contributed by atoms with Gasteiger partial charge in [0, 0.05) is 25.2 Å². The molecule has 10 nitrogen and oxygen atoms in total. The van der Waals surface area contributed by atoms with Crippen molar-refractivity contribution in [1.29, 1.82) is 0 Å². The smallest absolute Gasteiger partial charge is 0.326 e. The fourth-order valence-electron chi connectivity index (χ4n) is 4.04. The molecule has 0 atom stereocenters. The van der Waals surface area contributed by atoms with Crippen LogP contribution in [0.5, 0.6) is 0 Å². The van der Waals surface area contributed by atoms with Crippen LogP contribution in [0.2, 0.25) is 0 Å². The van der Waals surface area contributed by atoms with Crippen molar-refractivity contribution >= 4 is 28.3 Å². The molecule has 1 saturated heterocycles. The van der Waals surface area contributed by atoms with Crippen molar-refractivity contribution in [3.05, 3.63) is 68.6 Å². The lowest BCUT2D eigenvalue weighted by atomic mass is 10.0. The van der Waals surface area contributed by atoms with E-state index in [1.54, 1.807) is 14.9 Å². The van der Waals surface area contributed by atoms with Crippen molar-refractivity contribution in [2.45, 2.75) is 18.9 Å². The number of amides is 1. The molecule has 10 heteroatoms. The third-order valence-electron chi connectivity index (χ3n) is 5.33. The third kappa shape index (κ3) is 3.23. The van der Waals surface area contributed by atoms with E-state index in [0.29, 0.717) is 25.9 Å². The number of carbonyl (C=O) groups excluding carboxylic acids is 1. The average Bonchev–Trinajstić information content (AvgIpc) is 3.08. The largest absolute Gasteiger partial charge is 0.365 e. The van der Waals surface area contributed by atoms with Gasteiger partial charge in [-0.25, -0.2) is 10.3 Å². The van der Waals surface area contributed by atoms with Gasteiger partial charge in [-0.3, -0.25) is 24.7 Å². The Kier molecular flexibility index (Phi) is 4.77. The van der Waals surface area contributed by atoms with Crippen LogP contribution in [0.4, 0.5) is 11.4 Å². The molecule has 3 N–H and O–H groups in total. The number of hydrogen-bond donors (Lipinski definition) is 3. The molecule has 1 aliphatic heterocycles. The number of anilines is 1. The standard InChI is InChI=1S/C19H19N5O5/c25-18(21-27)13-4-3-7-16(24(28)29)17(13)22-10-8-12(9-11-22)23-15-6-2-1-5-14(15)20-19(23)26/h1-7,12,27H,8-11H2,(H,20,26)(H,21,25). The van der Waals surface area contributed by atoms with Crippen molar-refractivity contribution in [1.82, 2.24) is 15.0 Å². The second-order valence-corrected chi connectivity index (χ2v) is 6.91. The number of nitro benzene ring substituents is 1. The number of rotatable bonds is 4. The van der Waals surface area contributed by atoms with Crippen molar-refractivity contribution in [3.8, 4) is 0 Å². The van der Waals surface area contributed by atoms with E-state index in [2.05, 4.69) is 4.98 Å². The molecule has 0 radical (unpaired) electrons. The Morgan fingerprint density at radius 1 is 1.17 bits per heavy atom. The summed E-state index contributed by atoms with van der Waals surface area (Å²) in [5.41, 5.74) is 2.96. The SMILES string of the molecule is O=C(NO)c1cccc([N+](=O)[O-])c1N1CCC(n2c(=O)[nH]c3ccccc32)CC1. The van der Waals surface area contributed by atoms with E-state index < -0.39 is 10.8 Å². The molecule has 150 valence electrons. The molecule has 29 heavy (non-hydrogen) atoms. The Morgan fingerprint density at radius 3 is 2.59 bits per heavy atom. The number of piperidine rings is 1. The first-order valence-electron chi connectivity index (χ1n) is 9.17. The van der Waals surface area contributed by atoms with Gasteiger partial charge in [-0.2, -0.15) is 0 Å². The van der Waals surface area contributed by atoms with E-state index in [1.165, 1.54) is 18.2 Å². The lowest BCUT2D eigenvalue weighted by Gasteiger charge is -2.34. The first kappa shape index (κ1) is 18.7. The minimum Gasteiger partial charge on any atom is -0.365 e. The van der Waals surface area contributed by atoms with Crippen LogP contribution in [0.3, 0.4) is 0 Å². The van der Waals surface area contributed by atoms with Crippen LogP contribution in [0, 0.1) is 10.1 Å². The highest BCUT2D eigenvalue weighted by atomic mass is 16.6. The Balaban J connectivity index is 1.65. The molecule has 0 saturated carbocycles. The van der Waals surface area contributed by atoms with Gasteiger partial charge < -0.3 is 9.88 Å². The number of benzene rings is 2. The van der Waals surface area contributed by atoms with Crippen LogP contribution in [0.25, 0.3) is 11.0 Å². The number of hydrogen-bond acceptors (Lipinski definition) is 6. The molecule has 0 aliphatic carbocycles. The summed E-state index contributed by atoms with van der Waals surface area (Å²) in [5, 5.41) is 20.5. The summed E-state index contributed by atoms with van der Waals surface area (Å²) in [6.45, 7) is 0.848. The highest BCUT2D eigenvalue weighted by Gasteiger charge is 2.30. The number of nitrogens with zero attached hydrogens (tertiary/aromatic N) is 3. The van der Waals surface area contributed by atoms with E-state index >= 15 is 0 Å². The topological polar surface area (TPSA) is 133 Å². The zero-order valence-electron chi connectivity index (χ0n) is 15.4. The normalized spacial score (nSPS) is 14.9. The maximum Gasteiger partial charge on any atom is 0.326 e. The first-order chi connectivity index (χ1) is 14.0. The van der Waals surface area contributed by atoms with E-state index in [9.17, 15) is 19.7 Å². The van der Waals surface area contributed by atoms with Crippen molar-refractivity contribution in [2.24, 2.45) is 0 Å². The lowest BCUT2D eigenvalue weighted by molar-refractivity contribution is -0.384. The van der Waals surface area contributed by atoms with Gasteiger partial charge in [-0.05, 0) is 31.0 Å². The number of carbonyl (C=O) groups is 1. The van der Waals surface area contributed by atoms with Gasteiger partial charge in [-0.15, -0.1) is 0 Å². The van der Waals surface area contributed by atoms with Gasteiger partial charge >= 0.3 is 5.69 Å². The summed E-state index contributed by atoms with van der Waals surface area (Å²) in [6, 6.07) is 11.6. The van der Waals surface area contributed by atoms with Crippen LogP contribution in [-0.2, 0) is 0 Å². The maximum absolute atomic E-state index is 12.4. The van der Waals surface area contributed by atoms with Gasteiger partial charge in [0.1, 0.15) is 5.69 Å². The molecular weight excluding hydrogens is 378 g/mol. The lowest BCUT2D eigenvalue weighted by Crippen LogP contribution is -2.38. The second kappa shape index (κ2) is 7.40. The maximum atomic E-state index is 12.4. The minimum atomic E-state index is -0.807. The summed E-state index contributed by atoms with van der Waals surface area (Å²) in [6.07, 6.45) is 1.15. The number of aromatic nitrogens is 2. The molecule has 3 aromatic rings. The molecule has 2 heterocycles. The number of para-hydroxylation sites is 3. The van der Waals surface area contributed by atoms with Crippen molar-refractivity contribution < 1.29 is 14.9 Å². The summed E-state index contributed by atoms with van der Waals surface area (Å²) < 4.78 is 1.73.